The number of methoxy groups -OCH3 is 1. The summed E-state index contributed by atoms with van der Waals surface area (Å²) in [6, 6.07) is 7.89. The van der Waals surface area contributed by atoms with Crippen LogP contribution < -0.4 is 10.5 Å². The van der Waals surface area contributed by atoms with E-state index in [9.17, 15) is 4.79 Å². The molecule has 22 heavy (non-hydrogen) atoms. The molecule has 3 rings (SSSR count). The molecule has 1 saturated carbocycles. The number of amides is 1. The average molecular weight is 304 g/mol. The number of morpholine rings is 1. The van der Waals surface area contributed by atoms with Crippen LogP contribution in [0.1, 0.15) is 24.8 Å². The fraction of sp³-hybridized carbons (Fsp3) is 0.588. The molecule has 1 unspecified atom stereocenters. The smallest absolute Gasteiger partial charge is 0.233 e. The highest BCUT2D eigenvalue weighted by molar-refractivity contribution is 5.91. The molecule has 1 aromatic rings. The first-order chi connectivity index (χ1) is 10.7. The number of carbonyl (C=O) groups excluding carboxylic acids is 1. The summed E-state index contributed by atoms with van der Waals surface area (Å²) in [6.45, 7) is 2.54. The van der Waals surface area contributed by atoms with Gasteiger partial charge in [-0.25, -0.2) is 0 Å². The lowest BCUT2D eigenvalue weighted by Crippen LogP contribution is -2.49. The lowest BCUT2D eigenvalue weighted by Gasteiger charge is -2.35. The molecule has 2 aliphatic rings. The molecular weight excluding hydrogens is 280 g/mol. The molecule has 0 radical (unpaired) electrons. The Morgan fingerprint density at radius 3 is 2.73 bits per heavy atom. The Morgan fingerprint density at radius 1 is 1.41 bits per heavy atom. The Morgan fingerprint density at radius 2 is 2.14 bits per heavy atom. The SMILES string of the molecule is COc1ccc(C2(C(=O)N3CCOC(CCN)C3)CC2)cc1. The van der Waals surface area contributed by atoms with Crippen LogP contribution >= 0.6 is 0 Å². The summed E-state index contributed by atoms with van der Waals surface area (Å²) in [5.74, 6) is 1.06. The molecule has 120 valence electrons. The fourth-order valence-electron chi connectivity index (χ4n) is 3.23. The van der Waals surface area contributed by atoms with Crippen molar-refractivity contribution in [3.05, 3.63) is 29.8 Å². The van der Waals surface area contributed by atoms with Crippen LogP contribution in [0.4, 0.5) is 0 Å². The van der Waals surface area contributed by atoms with Gasteiger partial charge >= 0.3 is 0 Å². The van der Waals surface area contributed by atoms with Gasteiger partial charge in [0.15, 0.2) is 0 Å². The Labute approximate surface area is 131 Å². The number of carbonyl (C=O) groups is 1. The van der Waals surface area contributed by atoms with E-state index < -0.39 is 0 Å². The van der Waals surface area contributed by atoms with E-state index in [0.29, 0.717) is 26.2 Å². The molecule has 0 bridgehead atoms. The Balaban J connectivity index is 1.72. The van der Waals surface area contributed by atoms with Crippen LogP contribution in [0.15, 0.2) is 24.3 Å². The largest absolute Gasteiger partial charge is 0.497 e. The zero-order valence-electron chi connectivity index (χ0n) is 13.1. The molecule has 1 aliphatic heterocycles. The van der Waals surface area contributed by atoms with Crippen LogP contribution in [0, 0.1) is 0 Å². The van der Waals surface area contributed by atoms with Crippen LogP contribution in [0.25, 0.3) is 0 Å². The number of benzene rings is 1. The number of nitrogens with two attached hydrogens (primary N) is 1. The van der Waals surface area contributed by atoms with E-state index in [1.807, 2.05) is 29.2 Å². The first kappa shape index (κ1) is 15.3. The van der Waals surface area contributed by atoms with E-state index in [1.54, 1.807) is 7.11 Å². The number of hydrogen-bond acceptors (Lipinski definition) is 4. The van der Waals surface area contributed by atoms with Gasteiger partial charge < -0.3 is 20.1 Å². The van der Waals surface area contributed by atoms with Gasteiger partial charge in [-0.3, -0.25) is 4.79 Å². The summed E-state index contributed by atoms with van der Waals surface area (Å²) in [5, 5.41) is 0. The molecule has 0 spiro atoms. The minimum Gasteiger partial charge on any atom is -0.497 e. The average Bonchev–Trinajstić information content (AvgIpc) is 3.37. The lowest BCUT2D eigenvalue weighted by atomic mass is 9.93. The van der Waals surface area contributed by atoms with Crippen molar-refractivity contribution in [2.24, 2.45) is 5.73 Å². The van der Waals surface area contributed by atoms with E-state index in [0.717, 1.165) is 30.6 Å². The molecule has 2 fully saturated rings. The Bertz CT molecular complexity index is 523. The van der Waals surface area contributed by atoms with Crippen molar-refractivity contribution in [2.45, 2.75) is 30.8 Å². The van der Waals surface area contributed by atoms with Crippen LogP contribution in [-0.2, 0) is 14.9 Å². The zero-order valence-corrected chi connectivity index (χ0v) is 13.1. The van der Waals surface area contributed by atoms with E-state index in [1.165, 1.54) is 0 Å². The van der Waals surface area contributed by atoms with Gasteiger partial charge in [-0.15, -0.1) is 0 Å². The molecule has 1 saturated heterocycles. The zero-order chi connectivity index (χ0) is 15.6. The number of rotatable bonds is 5. The maximum atomic E-state index is 13.0. The van der Waals surface area contributed by atoms with E-state index in [-0.39, 0.29) is 17.4 Å². The molecule has 0 aromatic heterocycles. The van der Waals surface area contributed by atoms with Crippen LogP contribution in [-0.4, -0.2) is 50.3 Å². The van der Waals surface area contributed by atoms with E-state index in [2.05, 4.69) is 0 Å². The first-order valence-electron chi connectivity index (χ1n) is 7.95. The van der Waals surface area contributed by atoms with Crippen molar-refractivity contribution in [1.82, 2.24) is 4.90 Å². The fourth-order valence-corrected chi connectivity index (χ4v) is 3.23. The summed E-state index contributed by atoms with van der Waals surface area (Å²) in [7, 11) is 1.65. The first-order valence-corrected chi connectivity index (χ1v) is 7.95. The lowest BCUT2D eigenvalue weighted by molar-refractivity contribution is -0.141. The highest BCUT2D eigenvalue weighted by Crippen LogP contribution is 2.50. The van der Waals surface area contributed by atoms with Crippen LogP contribution in [0.3, 0.4) is 0 Å². The van der Waals surface area contributed by atoms with Crippen molar-refractivity contribution in [1.29, 1.82) is 0 Å². The van der Waals surface area contributed by atoms with Crippen molar-refractivity contribution >= 4 is 5.91 Å². The summed E-state index contributed by atoms with van der Waals surface area (Å²) in [4.78, 5) is 15.0. The molecule has 1 amide bonds. The second-order valence-electron chi connectivity index (χ2n) is 6.13. The van der Waals surface area contributed by atoms with Gasteiger partial charge in [0.2, 0.25) is 5.91 Å². The maximum Gasteiger partial charge on any atom is 0.233 e. The second-order valence-corrected chi connectivity index (χ2v) is 6.13. The molecule has 1 aromatic carbocycles. The predicted molar refractivity (Wildman–Crippen MR) is 83.9 cm³/mol. The maximum absolute atomic E-state index is 13.0. The number of hydrogen-bond donors (Lipinski definition) is 1. The van der Waals surface area contributed by atoms with E-state index in [4.69, 9.17) is 15.2 Å². The quantitative estimate of drug-likeness (QED) is 0.890. The van der Waals surface area contributed by atoms with Gasteiger partial charge in [0.05, 0.1) is 25.2 Å². The Hall–Kier alpha value is -1.59. The van der Waals surface area contributed by atoms with Crippen LogP contribution in [0.2, 0.25) is 0 Å². The summed E-state index contributed by atoms with van der Waals surface area (Å²) in [5.41, 5.74) is 6.38. The van der Waals surface area contributed by atoms with Gasteiger partial charge in [0.25, 0.3) is 0 Å². The minimum absolute atomic E-state index is 0.0781. The highest BCUT2D eigenvalue weighted by Gasteiger charge is 2.53. The van der Waals surface area contributed by atoms with Gasteiger partial charge in [0, 0.05) is 13.1 Å². The third-order valence-corrected chi connectivity index (χ3v) is 4.72. The van der Waals surface area contributed by atoms with Crippen molar-refractivity contribution in [3.63, 3.8) is 0 Å². The van der Waals surface area contributed by atoms with Crippen molar-refractivity contribution < 1.29 is 14.3 Å². The molecule has 1 aliphatic carbocycles. The Kier molecular flexibility index (Phi) is 4.36. The molecule has 5 heteroatoms. The van der Waals surface area contributed by atoms with Crippen LogP contribution in [0.5, 0.6) is 5.75 Å². The summed E-state index contributed by atoms with van der Waals surface area (Å²) in [6.07, 6.45) is 2.74. The normalized spacial score (nSPS) is 23.2. The summed E-state index contributed by atoms with van der Waals surface area (Å²) >= 11 is 0. The third kappa shape index (κ3) is 2.83. The van der Waals surface area contributed by atoms with Gasteiger partial charge in [-0.1, -0.05) is 12.1 Å². The van der Waals surface area contributed by atoms with E-state index >= 15 is 0 Å². The molecule has 5 nitrogen and oxygen atoms in total. The second kappa shape index (κ2) is 6.26. The number of ether oxygens (including phenoxy) is 2. The van der Waals surface area contributed by atoms with Gasteiger partial charge in [-0.05, 0) is 43.5 Å². The van der Waals surface area contributed by atoms with Gasteiger partial charge in [-0.2, -0.15) is 0 Å². The highest BCUT2D eigenvalue weighted by atomic mass is 16.5. The molecule has 2 N–H and O–H groups in total. The van der Waals surface area contributed by atoms with Gasteiger partial charge in [0.1, 0.15) is 5.75 Å². The monoisotopic (exact) mass is 304 g/mol. The number of nitrogens with zero attached hydrogens (tertiary/aromatic N) is 1. The minimum atomic E-state index is -0.323. The topological polar surface area (TPSA) is 64.8 Å². The molecule has 1 atom stereocenters. The van der Waals surface area contributed by atoms with Crippen molar-refractivity contribution in [3.8, 4) is 5.75 Å². The predicted octanol–water partition coefficient (Wildman–Crippen LogP) is 1.30. The third-order valence-electron chi connectivity index (χ3n) is 4.72. The molecule has 1 heterocycles. The molecular formula is C17H24N2O3. The van der Waals surface area contributed by atoms with Crippen molar-refractivity contribution in [2.75, 3.05) is 33.4 Å². The standard InChI is InChI=1S/C17H24N2O3/c1-21-14-4-2-13(3-5-14)17(7-8-17)16(20)19-10-11-22-15(12-19)6-9-18/h2-5,15H,6-12,18H2,1H3. The summed E-state index contributed by atoms with van der Waals surface area (Å²) < 4.78 is 10.9.